The van der Waals surface area contributed by atoms with E-state index in [4.69, 9.17) is 16.3 Å². The molecule has 1 heterocycles. The first-order chi connectivity index (χ1) is 9.63. The van der Waals surface area contributed by atoms with Crippen molar-refractivity contribution in [2.24, 2.45) is 23.7 Å². The zero-order valence-electron chi connectivity index (χ0n) is 10.7. The van der Waals surface area contributed by atoms with Crippen LogP contribution in [0, 0.1) is 23.7 Å². The second-order valence-corrected chi connectivity index (χ2v) is 6.36. The number of esters is 1. The second-order valence-electron chi connectivity index (χ2n) is 5.92. The van der Waals surface area contributed by atoms with Crippen molar-refractivity contribution >= 4 is 29.2 Å². The first-order valence-electron chi connectivity index (χ1n) is 6.90. The molecule has 1 aromatic carbocycles. The first-order valence-corrected chi connectivity index (χ1v) is 7.28. The fraction of sp³-hybridized carbons (Fsp3) is 0.467. The predicted octanol–water partition coefficient (Wildman–Crippen LogP) is 2.48. The number of carbonyl (C=O) groups excluding carboxylic acids is 2. The lowest BCUT2D eigenvalue weighted by Crippen LogP contribution is -2.35. The van der Waals surface area contributed by atoms with Gasteiger partial charge in [0.2, 0.25) is 5.91 Å². The van der Waals surface area contributed by atoms with Crippen LogP contribution in [0.2, 0.25) is 5.02 Å². The normalized spacial score (nSPS) is 37.0. The van der Waals surface area contributed by atoms with Gasteiger partial charge >= 0.3 is 5.97 Å². The molecule has 0 unspecified atom stereocenters. The summed E-state index contributed by atoms with van der Waals surface area (Å²) < 4.78 is 5.35. The van der Waals surface area contributed by atoms with Crippen LogP contribution in [0.1, 0.15) is 12.8 Å². The molecule has 1 N–H and O–H groups in total. The molecule has 4 rings (SSSR count). The number of anilines is 1. The molecule has 1 saturated heterocycles. The van der Waals surface area contributed by atoms with Crippen molar-refractivity contribution in [2.45, 2.75) is 18.9 Å². The Hall–Kier alpha value is -1.55. The monoisotopic (exact) mass is 291 g/mol. The van der Waals surface area contributed by atoms with E-state index in [-0.39, 0.29) is 41.7 Å². The largest absolute Gasteiger partial charge is 0.462 e. The van der Waals surface area contributed by atoms with Gasteiger partial charge < -0.3 is 10.1 Å². The van der Waals surface area contributed by atoms with Gasteiger partial charge in [-0.3, -0.25) is 9.59 Å². The van der Waals surface area contributed by atoms with Gasteiger partial charge in [-0.15, -0.1) is 0 Å². The summed E-state index contributed by atoms with van der Waals surface area (Å²) in [4.78, 5) is 24.4. The first kappa shape index (κ1) is 12.2. The van der Waals surface area contributed by atoms with E-state index < -0.39 is 0 Å². The summed E-state index contributed by atoms with van der Waals surface area (Å²) in [6.45, 7) is 0. The van der Waals surface area contributed by atoms with Crippen LogP contribution in [0.4, 0.5) is 5.69 Å². The predicted molar refractivity (Wildman–Crippen MR) is 73.2 cm³/mol. The molecule has 5 heteroatoms. The molecule has 4 nitrogen and oxygen atoms in total. The van der Waals surface area contributed by atoms with Gasteiger partial charge in [-0.25, -0.2) is 0 Å². The smallest absolute Gasteiger partial charge is 0.310 e. The number of halogens is 1. The van der Waals surface area contributed by atoms with E-state index in [0.29, 0.717) is 10.7 Å². The van der Waals surface area contributed by atoms with Crippen molar-refractivity contribution in [1.29, 1.82) is 0 Å². The van der Waals surface area contributed by atoms with Crippen LogP contribution in [-0.4, -0.2) is 18.0 Å². The summed E-state index contributed by atoms with van der Waals surface area (Å²) in [5, 5.41) is 3.46. The number of ether oxygens (including phenoxy) is 1. The lowest BCUT2D eigenvalue weighted by Gasteiger charge is -2.23. The molecule has 3 fully saturated rings. The molecule has 0 spiro atoms. The maximum Gasteiger partial charge on any atom is 0.310 e. The molecular weight excluding hydrogens is 278 g/mol. The molecule has 2 aliphatic carbocycles. The number of hydrogen-bond acceptors (Lipinski definition) is 3. The molecule has 5 atom stereocenters. The van der Waals surface area contributed by atoms with E-state index in [1.54, 1.807) is 24.3 Å². The summed E-state index contributed by atoms with van der Waals surface area (Å²) in [7, 11) is 0. The molecule has 20 heavy (non-hydrogen) atoms. The van der Waals surface area contributed by atoms with Gasteiger partial charge in [-0.2, -0.15) is 0 Å². The minimum Gasteiger partial charge on any atom is -0.462 e. The summed E-state index contributed by atoms with van der Waals surface area (Å²) in [5.74, 6) is -0.222. The average molecular weight is 292 g/mol. The highest BCUT2D eigenvalue weighted by molar-refractivity contribution is 6.30. The van der Waals surface area contributed by atoms with E-state index in [0.717, 1.165) is 12.8 Å². The number of benzene rings is 1. The molecule has 0 aromatic heterocycles. The Labute approximate surface area is 121 Å². The zero-order valence-corrected chi connectivity index (χ0v) is 11.5. The standard InChI is InChI=1S/C15H14ClNO3/c16-8-2-1-3-9(6-8)17-14(18)12-7-4-10-11(5-7)20-15(19)13(10)12/h1-3,6-7,10-13H,4-5H2,(H,17,18)/t7-,10-,11+,12-,13-/m0/s1. The highest BCUT2D eigenvalue weighted by Crippen LogP contribution is 2.57. The van der Waals surface area contributed by atoms with Crippen molar-refractivity contribution in [3.05, 3.63) is 29.3 Å². The molecule has 104 valence electrons. The number of nitrogens with one attached hydrogen (secondary N) is 1. The van der Waals surface area contributed by atoms with Crippen LogP contribution >= 0.6 is 11.6 Å². The van der Waals surface area contributed by atoms with Gasteiger partial charge in [0.25, 0.3) is 0 Å². The maximum absolute atomic E-state index is 12.5. The highest BCUT2D eigenvalue weighted by atomic mass is 35.5. The van der Waals surface area contributed by atoms with E-state index in [1.807, 2.05) is 0 Å². The number of hydrogen-bond donors (Lipinski definition) is 1. The molecule has 1 amide bonds. The molecule has 1 aromatic rings. The molecule has 3 aliphatic rings. The maximum atomic E-state index is 12.5. The van der Waals surface area contributed by atoms with Crippen LogP contribution in [0.3, 0.4) is 0 Å². The average Bonchev–Trinajstić information content (AvgIpc) is 2.99. The fourth-order valence-corrected chi connectivity index (χ4v) is 4.35. The van der Waals surface area contributed by atoms with Gasteiger partial charge in [0.05, 0.1) is 11.8 Å². The SMILES string of the molecule is O=C(Nc1cccc(Cl)c1)[C@H]1[C@H]2C[C@@H]3[C@@H]1C(=O)O[C@@H]3C2. The molecule has 2 saturated carbocycles. The van der Waals surface area contributed by atoms with Crippen molar-refractivity contribution in [3.63, 3.8) is 0 Å². The molecule has 0 radical (unpaired) electrons. The third kappa shape index (κ3) is 1.67. The lowest BCUT2D eigenvalue weighted by atomic mass is 9.79. The Morgan fingerprint density at radius 1 is 1.35 bits per heavy atom. The second kappa shape index (κ2) is 4.22. The highest BCUT2D eigenvalue weighted by Gasteiger charge is 2.63. The van der Waals surface area contributed by atoms with E-state index in [9.17, 15) is 9.59 Å². The van der Waals surface area contributed by atoms with Crippen molar-refractivity contribution in [3.8, 4) is 0 Å². The molecule has 1 aliphatic heterocycles. The van der Waals surface area contributed by atoms with Gasteiger partial charge in [0, 0.05) is 16.6 Å². The molecule has 2 bridgehead atoms. The Bertz CT molecular complexity index is 601. The van der Waals surface area contributed by atoms with Crippen LogP contribution in [-0.2, 0) is 14.3 Å². The minimum absolute atomic E-state index is 0.0627. The number of amides is 1. The van der Waals surface area contributed by atoms with E-state index in [2.05, 4.69) is 5.32 Å². The third-order valence-electron chi connectivity index (χ3n) is 4.88. The zero-order chi connectivity index (χ0) is 13.9. The van der Waals surface area contributed by atoms with E-state index in [1.165, 1.54) is 0 Å². The van der Waals surface area contributed by atoms with Crippen molar-refractivity contribution < 1.29 is 14.3 Å². The Balaban J connectivity index is 1.56. The van der Waals surface area contributed by atoms with E-state index >= 15 is 0 Å². The Kier molecular flexibility index (Phi) is 2.58. The number of fused-ring (bicyclic) bond motifs is 1. The van der Waals surface area contributed by atoms with Crippen LogP contribution in [0.15, 0.2) is 24.3 Å². The summed E-state index contributed by atoms with van der Waals surface area (Å²) in [6.07, 6.45) is 1.84. The van der Waals surface area contributed by atoms with Gasteiger partial charge in [-0.05, 0) is 37.0 Å². The number of rotatable bonds is 2. The van der Waals surface area contributed by atoms with Gasteiger partial charge in [0.1, 0.15) is 6.10 Å². The minimum atomic E-state index is -0.245. The van der Waals surface area contributed by atoms with Crippen molar-refractivity contribution in [2.75, 3.05) is 5.32 Å². The fourth-order valence-electron chi connectivity index (χ4n) is 4.16. The van der Waals surface area contributed by atoms with Crippen LogP contribution < -0.4 is 5.32 Å². The van der Waals surface area contributed by atoms with Crippen molar-refractivity contribution in [1.82, 2.24) is 0 Å². The van der Waals surface area contributed by atoms with Gasteiger partial charge in [0.15, 0.2) is 0 Å². The lowest BCUT2D eigenvalue weighted by molar-refractivity contribution is -0.145. The third-order valence-corrected chi connectivity index (χ3v) is 5.11. The number of carbonyl (C=O) groups is 2. The Morgan fingerprint density at radius 2 is 2.20 bits per heavy atom. The van der Waals surface area contributed by atoms with Crippen LogP contribution in [0.5, 0.6) is 0 Å². The van der Waals surface area contributed by atoms with Gasteiger partial charge in [-0.1, -0.05) is 17.7 Å². The van der Waals surface area contributed by atoms with Crippen LogP contribution in [0.25, 0.3) is 0 Å². The Morgan fingerprint density at radius 3 is 3.00 bits per heavy atom. The summed E-state index contributed by atoms with van der Waals surface area (Å²) in [6, 6.07) is 7.06. The topological polar surface area (TPSA) is 55.4 Å². The summed E-state index contributed by atoms with van der Waals surface area (Å²) >= 11 is 5.91. The molecular formula is C15H14ClNO3. The summed E-state index contributed by atoms with van der Waals surface area (Å²) in [5.41, 5.74) is 0.674. The quantitative estimate of drug-likeness (QED) is 0.852.